The van der Waals surface area contributed by atoms with Crippen LogP contribution in [0.4, 0.5) is 15.8 Å². The maximum absolute atomic E-state index is 13.7. The zero-order valence-electron chi connectivity index (χ0n) is 16.9. The predicted octanol–water partition coefficient (Wildman–Crippen LogP) is 4.55. The van der Waals surface area contributed by atoms with Gasteiger partial charge in [-0.3, -0.25) is 14.4 Å². The van der Waals surface area contributed by atoms with Crippen LogP contribution in [0.25, 0.3) is 0 Å². The number of amides is 2. The molecule has 3 rings (SSSR count). The summed E-state index contributed by atoms with van der Waals surface area (Å²) in [6.07, 6.45) is 4.32. The van der Waals surface area contributed by atoms with Gasteiger partial charge in [-0.1, -0.05) is 30.4 Å². The molecule has 2 aromatic carbocycles. The minimum absolute atomic E-state index is 0.121. The molecule has 0 saturated carbocycles. The fraction of sp³-hybridized carbons (Fsp3) is 0.261. The van der Waals surface area contributed by atoms with Crippen LogP contribution in [-0.2, 0) is 14.4 Å². The molecule has 0 spiro atoms. The van der Waals surface area contributed by atoms with Crippen LogP contribution >= 0.6 is 11.8 Å². The van der Waals surface area contributed by atoms with Crippen LogP contribution in [0.15, 0.2) is 65.6 Å². The van der Waals surface area contributed by atoms with Crippen molar-refractivity contribution in [3.8, 4) is 0 Å². The van der Waals surface area contributed by atoms with Crippen molar-refractivity contribution in [2.24, 2.45) is 11.8 Å². The Balaban J connectivity index is 1.62. The largest absolute Gasteiger partial charge is 0.481 e. The van der Waals surface area contributed by atoms with Crippen LogP contribution in [-0.4, -0.2) is 28.1 Å². The molecule has 0 bridgehead atoms. The highest BCUT2D eigenvalue weighted by atomic mass is 32.2. The van der Waals surface area contributed by atoms with Gasteiger partial charge < -0.3 is 15.7 Å². The molecule has 3 N–H and O–H groups in total. The summed E-state index contributed by atoms with van der Waals surface area (Å²) in [6, 6.07) is 12.9. The number of carboxylic acid groups (broad SMARTS) is 1. The Bertz CT molecular complexity index is 1010. The van der Waals surface area contributed by atoms with E-state index in [2.05, 4.69) is 10.6 Å². The molecule has 3 atom stereocenters. The van der Waals surface area contributed by atoms with Gasteiger partial charge in [0.2, 0.25) is 11.8 Å². The Morgan fingerprint density at radius 2 is 1.74 bits per heavy atom. The molecule has 0 radical (unpaired) electrons. The highest BCUT2D eigenvalue weighted by Gasteiger charge is 2.34. The van der Waals surface area contributed by atoms with Crippen molar-refractivity contribution in [2.75, 3.05) is 10.6 Å². The third-order valence-electron chi connectivity index (χ3n) is 5.00. The van der Waals surface area contributed by atoms with Gasteiger partial charge in [0.1, 0.15) is 5.82 Å². The zero-order valence-corrected chi connectivity index (χ0v) is 17.7. The number of carboxylic acids is 1. The number of nitrogens with one attached hydrogen (secondary N) is 2. The number of thioether (sulfide) groups is 1. The van der Waals surface area contributed by atoms with Crippen molar-refractivity contribution in [1.82, 2.24) is 0 Å². The van der Waals surface area contributed by atoms with E-state index in [0.717, 1.165) is 4.90 Å². The Kier molecular flexibility index (Phi) is 7.46. The van der Waals surface area contributed by atoms with E-state index in [0.29, 0.717) is 18.5 Å². The van der Waals surface area contributed by atoms with E-state index in [4.69, 9.17) is 0 Å². The first kappa shape index (κ1) is 22.6. The number of hydrogen-bond donors (Lipinski definition) is 3. The monoisotopic (exact) mass is 442 g/mol. The van der Waals surface area contributed by atoms with Crippen LogP contribution in [0.1, 0.15) is 19.8 Å². The Labute approximate surface area is 183 Å². The summed E-state index contributed by atoms with van der Waals surface area (Å²) in [4.78, 5) is 37.2. The van der Waals surface area contributed by atoms with Gasteiger partial charge in [-0.05, 0) is 50.1 Å². The molecule has 0 aliphatic heterocycles. The number of benzene rings is 2. The maximum Gasteiger partial charge on any atom is 0.307 e. The SMILES string of the molecule is CC(Sc1cccc(NC(=O)C2CC=CCC2C(=O)O)c1)C(=O)Nc1ccccc1F. The Morgan fingerprint density at radius 1 is 1.03 bits per heavy atom. The Hall–Kier alpha value is -3.13. The molecule has 0 fully saturated rings. The molecular formula is C23H23FN2O4S. The lowest BCUT2D eigenvalue weighted by atomic mass is 9.82. The molecular weight excluding hydrogens is 419 g/mol. The summed E-state index contributed by atoms with van der Waals surface area (Å²) in [7, 11) is 0. The molecule has 0 aromatic heterocycles. The third kappa shape index (κ3) is 5.95. The topological polar surface area (TPSA) is 95.5 Å². The zero-order chi connectivity index (χ0) is 22.4. The maximum atomic E-state index is 13.7. The highest BCUT2D eigenvalue weighted by molar-refractivity contribution is 8.00. The van der Waals surface area contributed by atoms with Crippen molar-refractivity contribution in [2.45, 2.75) is 29.9 Å². The smallest absolute Gasteiger partial charge is 0.307 e. The number of carbonyl (C=O) groups excluding carboxylic acids is 2. The summed E-state index contributed by atoms with van der Waals surface area (Å²) in [5, 5.41) is 14.2. The molecule has 2 amide bonds. The number of allylic oxidation sites excluding steroid dienone is 2. The van der Waals surface area contributed by atoms with Crippen molar-refractivity contribution in [3.05, 3.63) is 66.5 Å². The van der Waals surface area contributed by atoms with Crippen molar-refractivity contribution >= 4 is 40.9 Å². The van der Waals surface area contributed by atoms with Crippen molar-refractivity contribution in [3.63, 3.8) is 0 Å². The van der Waals surface area contributed by atoms with Crippen LogP contribution in [0, 0.1) is 17.7 Å². The van der Waals surface area contributed by atoms with E-state index in [-0.39, 0.29) is 17.5 Å². The van der Waals surface area contributed by atoms with Gasteiger partial charge in [-0.25, -0.2) is 4.39 Å². The predicted molar refractivity (Wildman–Crippen MR) is 118 cm³/mol. The molecule has 8 heteroatoms. The molecule has 0 saturated heterocycles. The van der Waals surface area contributed by atoms with Crippen molar-refractivity contribution in [1.29, 1.82) is 0 Å². The molecule has 162 valence electrons. The van der Waals surface area contributed by atoms with E-state index < -0.39 is 28.9 Å². The molecule has 1 aliphatic carbocycles. The lowest BCUT2D eigenvalue weighted by Crippen LogP contribution is -2.34. The standard InChI is InChI=1S/C23H23FN2O4S/c1-14(21(27)26-20-12-5-4-11-19(20)24)31-16-8-6-7-15(13-16)25-22(28)17-9-2-3-10-18(17)23(29)30/h2-8,11-14,17-18H,9-10H2,1H3,(H,25,28)(H,26,27)(H,29,30). The van der Waals surface area contributed by atoms with Gasteiger partial charge in [0.05, 0.1) is 22.8 Å². The van der Waals surface area contributed by atoms with Crippen LogP contribution < -0.4 is 10.6 Å². The number of rotatable bonds is 7. The van der Waals surface area contributed by atoms with Gasteiger partial charge in [0, 0.05) is 10.6 Å². The van der Waals surface area contributed by atoms with Gasteiger partial charge >= 0.3 is 5.97 Å². The minimum atomic E-state index is -0.983. The van der Waals surface area contributed by atoms with Gasteiger partial charge in [-0.2, -0.15) is 0 Å². The summed E-state index contributed by atoms with van der Waals surface area (Å²) in [5.74, 6) is -3.56. The molecule has 2 aromatic rings. The highest BCUT2D eigenvalue weighted by Crippen LogP contribution is 2.30. The van der Waals surface area contributed by atoms with Gasteiger partial charge in [-0.15, -0.1) is 11.8 Å². The number of anilines is 2. The molecule has 6 nitrogen and oxygen atoms in total. The molecule has 1 aliphatic rings. The Morgan fingerprint density at radius 3 is 2.45 bits per heavy atom. The van der Waals surface area contributed by atoms with E-state index in [1.807, 2.05) is 6.08 Å². The number of para-hydroxylation sites is 1. The van der Waals surface area contributed by atoms with E-state index in [1.54, 1.807) is 49.4 Å². The van der Waals surface area contributed by atoms with E-state index in [9.17, 15) is 23.9 Å². The van der Waals surface area contributed by atoms with Gasteiger partial charge in [0.15, 0.2) is 0 Å². The first-order chi connectivity index (χ1) is 14.8. The quantitative estimate of drug-likeness (QED) is 0.432. The average Bonchev–Trinajstić information content (AvgIpc) is 2.75. The summed E-state index contributed by atoms with van der Waals surface area (Å²) in [6.45, 7) is 1.71. The molecule has 3 unspecified atom stereocenters. The fourth-order valence-corrected chi connectivity index (χ4v) is 4.24. The molecule has 31 heavy (non-hydrogen) atoms. The van der Waals surface area contributed by atoms with Crippen LogP contribution in [0.3, 0.4) is 0 Å². The number of carbonyl (C=O) groups is 3. The number of aliphatic carboxylic acids is 1. The summed E-state index contributed by atoms with van der Waals surface area (Å²) < 4.78 is 13.7. The third-order valence-corrected chi connectivity index (χ3v) is 6.10. The van der Waals surface area contributed by atoms with E-state index in [1.165, 1.54) is 23.9 Å². The number of halogens is 1. The lowest BCUT2D eigenvalue weighted by Gasteiger charge is -2.24. The first-order valence-electron chi connectivity index (χ1n) is 9.86. The lowest BCUT2D eigenvalue weighted by molar-refractivity contribution is -0.146. The summed E-state index contributed by atoms with van der Waals surface area (Å²) >= 11 is 1.27. The minimum Gasteiger partial charge on any atom is -0.481 e. The average molecular weight is 443 g/mol. The van der Waals surface area contributed by atoms with Crippen LogP contribution in [0.2, 0.25) is 0 Å². The number of hydrogen-bond acceptors (Lipinski definition) is 4. The van der Waals surface area contributed by atoms with Gasteiger partial charge in [0.25, 0.3) is 0 Å². The van der Waals surface area contributed by atoms with Crippen LogP contribution in [0.5, 0.6) is 0 Å². The fourth-order valence-electron chi connectivity index (χ4n) is 3.31. The van der Waals surface area contributed by atoms with Crippen molar-refractivity contribution < 1.29 is 23.9 Å². The van der Waals surface area contributed by atoms with E-state index >= 15 is 0 Å². The summed E-state index contributed by atoms with van der Waals surface area (Å²) in [5.41, 5.74) is 0.644. The second-order valence-electron chi connectivity index (χ2n) is 7.24. The second-order valence-corrected chi connectivity index (χ2v) is 8.65. The first-order valence-corrected chi connectivity index (χ1v) is 10.7. The molecule has 0 heterocycles. The normalized spacial score (nSPS) is 18.8. The second kappa shape index (κ2) is 10.3.